The second-order valence-electron chi connectivity index (χ2n) is 5.16. The number of likely N-dealkylation sites (tertiary alicyclic amines) is 1. The zero-order valence-electron chi connectivity index (χ0n) is 11.2. The van der Waals surface area contributed by atoms with Crippen molar-refractivity contribution in [2.45, 2.75) is 13.3 Å². The molecule has 2 atom stereocenters. The summed E-state index contributed by atoms with van der Waals surface area (Å²) in [6.45, 7) is 2.58. The fourth-order valence-corrected chi connectivity index (χ4v) is 2.49. The van der Waals surface area contributed by atoms with Crippen LogP contribution in [0.5, 0.6) is 0 Å². The van der Waals surface area contributed by atoms with Gasteiger partial charge in [-0.15, -0.1) is 0 Å². The summed E-state index contributed by atoms with van der Waals surface area (Å²) >= 11 is 0. The van der Waals surface area contributed by atoms with Gasteiger partial charge < -0.3 is 10.0 Å². The predicted octanol–water partition coefficient (Wildman–Crippen LogP) is 1.55. The van der Waals surface area contributed by atoms with Gasteiger partial charge in [-0.2, -0.15) is 5.26 Å². The van der Waals surface area contributed by atoms with Crippen LogP contribution in [-0.4, -0.2) is 35.0 Å². The number of hydrogen-bond acceptors (Lipinski definition) is 3. The molecule has 1 amide bonds. The van der Waals surface area contributed by atoms with Crippen molar-refractivity contribution < 1.29 is 14.7 Å². The molecule has 0 radical (unpaired) electrons. The van der Waals surface area contributed by atoms with Gasteiger partial charge in [-0.05, 0) is 23.6 Å². The van der Waals surface area contributed by atoms with Gasteiger partial charge in [0.2, 0.25) is 0 Å². The smallest absolute Gasteiger partial charge is 0.308 e. The van der Waals surface area contributed by atoms with Crippen molar-refractivity contribution in [1.29, 1.82) is 5.26 Å². The van der Waals surface area contributed by atoms with Crippen molar-refractivity contribution in [2.24, 2.45) is 11.8 Å². The first-order valence-corrected chi connectivity index (χ1v) is 6.51. The van der Waals surface area contributed by atoms with E-state index in [1.54, 1.807) is 29.2 Å². The predicted molar refractivity (Wildman–Crippen MR) is 72.0 cm³/mol. The van der Waals surface area contributed by atoms with E-state index in [9.17, 15) is 9.59 Å². The van der Waals surface area contributed by atoms with E-state index in [0.29, 0.717) is 18.5 Å². The second-order valence-corrected chi connectivity index (χ2v) is 5.16. The molecular formula is C15H16N2O3. The van der Waals surface area contributed by atoms with Gasteiger partial charge >= 0.3 is 5.97 Å². The Labute approximate surface area is 117 Å². The third kappa shape index (κ3) is 2.80. The number of rotatable bonds is 3. The highest BCUT2D eigenvalue weighted by Crippen LogP contribution is 2.24. The third-order valence-corrected chi connectivity index (χ3v) is 3.70. The summed E-state index contributed by atoms with van der Waals surface area (Å²) in [5.74, 6) is -1.52. The second kappa shape index (κ2) is 5.74. The van der Waals surface area contributed by atoms with Gasteiger partial charge in [0.05, 0.1) is 18.4 Å². The highest BCUT2D eigenvalue weighted by atomic mass is 16.4. The zero-order chi connectivity index (χ0) is 14.7. The molecule has 1 aliphatic rings. The number of carboxylic acid groups (broad SMARTS) is 1. The van der Waals surface area contributed by atoms with Gasteiger partial charge in [0.15, 0.2) is 0 Å². The zero-order valence-corrected chi connectivity index (χ0v) is 11.2. The van der Waals surface area contributed by atoms with E-state index in [4.69, 9.17) is 10.4 Å². The normalized spacial score (nSPS) is 21.5. The molecule has 0 bridgehead atoms. The van der Waals surface area contributed by atoms with E-state index in [0.717, 1.165) is 5.56 Å². The number of nitrogens with zero attached hydrogens (tertiary/aromatic N) is 2. The maximum atomic E-state index is 12.3. The standard InChI is InChI=1S/C15H16N2O3/c1-10-8-17(9-13(10)15(19)20)14(18)12-4-2-11(3-5-12)6-7-16/h2-5,10,13H,6,8-9H2,1H3,(H,19,20)/t10-,13-/m1/s1. The summed E-state index contributed by atoms with van der Waals surface area (Å²) in [7, 11) is 0. The molecule has 0 spiro atoms. The molecule has 20 heavy (non-hydrogen) atoms. The van der Waals surface area contributed by atoms with Crippen LogP contribution in [0, 0.1) is 23.2 Å². The topological polar surface area (TPSA) is 81.4 Å². The van der Waals surface area contributed by atoms with Crippen molar-refractivity contribution >= 4 is 11.9 Å². The van der Waals surface area contributed by atoms with Crippen LogP contribution in [-0.2, 0) is 11.2 Å². The van der Waals surface area contributed by atoms with Crippen LogP contribution in [0.15, 0.2) is 24.3 Å². The Hall–Kier alpha value is -2.35. The van der Waals surface area contributed by atoms with E-state index in [1.807, 2.05) is 6.92 Å². The number of benzene rings is 1. The number of hydrogen-bond donors (Lipinski definition) is 1. The van der Waals surface area contributed by atoms with Crippen LogP contribution in [0.1, 0.15) is 22.8 Å². The third-order valence-electron chi connectivity index (χ3n) is 3.70. The summed E-state index contributed by atoms with van der Waals surface area (Å²) in [5, 5.41) is 17.7. The van der Waals surface area contributed by atoms with Crippen LogP contribution < -0.4 is 0 Å². The summed E-state index contributed by atoms with van der Waals surface area (Å²) in [6.07, 6.45) is 0.316. The van der Waals surface area contributed by atoms with Gasteiger partial charge in [0.1, 0.15) is 0 Å². The minimum Gasteiger partial charge on any atom is -0.481 e. The SMILES string of the molecule is C[C@@H]1CN(C(=O)c2ccc(CC#N)cc2)C[C@H]1C(=O)O. The van der Waals surface area contributed by atoms with Crippen molar-refractivity contribution in [3.8, 4) is 6.07 Å². The summed E-state index contributed by atoms with van der Waals surface area (Å²) in [4.78, 5) is 24.9. The number of carboxylic acids is 1. The van der Waals surface area contributed by atoms with Gasteiger partial charge in [-0.1, -0.05) is 19.1 Å². The van der Waals surface area contributed by atoms with Gasteiger partial charge in [-0.3, -0.25) is 9.59 Å². The number of nitriles is 1. The van der Waals surface area contributed by atoms with E-state index >= 15 is 0 Å². The monoisotopic (exact) mass is 272 g/mol. The maximum Gasteiger partial charge on any atom is 0.308 e. The molecule has 1 fully saturated rings. The van der Waals surface area contributed by atoms with E-state index in [1.165, 1.54) is 0 Å². The van der Waals surface area contributed by atoms with Crippen LogP contribution >= 0.6 is 0 Å². The van der Waals surface area contributed by atoms with E-state index in [-0.39, 0.29) is 18.4 Å². The molecule has 0 aromatic heterocycles. The molecule has 0 unspecified atom stereocenters. The first-order valence-electron chi connectivity index (χ1n) is 6.51. The summed E-state index contributed by atoms with van der Waals surface area (Å²) in [6, 6.07) is 8.94. The van der Waals surface area contributed by atoms with Crippen molar-refractivity contribution in [3.05, 3.63) is 35.4 Å². The molecule has 2 rings (SSSR count). The molecule has 1 aromatic rings. The molecule has 1 aromatic carbocycles. The first-order chi connectivity index (χ1) is 9.52. The Balaban J connectivity index is 2.09. The Morgan fingerprint density at radius 2 is 2.00 bits per heavy atom. The number of aliphatic carboxylic acids is 1. The Bertz CT molecular complexity index is 559. The lowest BCUT2D eigenvalue weighted by atomic mass is 9.99. The fourth-order valence-electron chi connectivity index (χ4n) is 2.49. The number of carbonyl (C=O) groups is 2. The lowest BCUT2D eigenvalue weighted by Crippen LogP contribution is -2.29. The van der Waals surface area contributed by atoms with Gasteiger partial charge in [-0.25, -0.2) is 0 Å². The highest BCUT2D eigenvalue weighted by molar-refractivity contribution is 5.94. The molecule has 5 heteroatoms. The molecular weight excluding hydrogens is 256 g/mol. The summed E-state index contributed by atoms with van der Waals surface area (Å²) in [5.41, 5.74) is 1.40. The summed E-state index contributed by atoms with van der Waals surface area (Å²) < 4.78 is 0. The Morgan fingerprint density at radius 3 is 2.50 bits per heavy atom. The first kappa shape index (κ1) is 14.1. The van der Waals surface area contributed by atoms with E-state index in [2.05, 4.69) is 6.07 Å². The van der Waals surface area contributed by atoms with Crippen LogP contribution in [0.4, 0.5) is 0 Å². The van der Waals surface area contributed by atoms with Crippen LogP contribution in [0.2, 0.25) is 0 Å². The lowest BCUT2D eigenvalue weighted by molar-refractivity contribution is -0.142. The Morgan fingerprint density at radius 1 is 1.35 bits per heavy atom. The van der Waals surface area contributed by atoms with Crippen molar-refractivity contribution in [1.82, 2.24) is 4.90 Å². The molecule has 0 aliphatic carbocycles. The highest BCUT2D eigenvalue weighted by Gasteiger charge is 2.37. The fraction of sp³-hybridized carbons (Fsp3) is 0.400. The van der Waals surface area contributed by atoms with Crippen molar-refractivity contribution in [2.75, 3.05) is 13.1 Å². The largest absolute Gasteiger partial charge is 0.481 e. The maximum absolute atomic E-state index is 12.3. The molecule has 1 heterocycles. The van der Waals surface area contributed by atoms with Gasteiger partial charge in [0.25, 0.3) is 5.91 Å². The average Bonchev–Trinajstić information content (AvgIpc) is 2.81. The molecule has 5 nitrogen and oxygen atoms in total. The van der Waals surface area contributed by atoms with Crippen LogP contribution in [0.25, 0.3) is 0 Å². The average molecular weight is 272 g/mol. The van der Waals surface area contributed by atoms with E-state index < -0.39 is 11.9 Å². The molecule has 0 saturated carbocycles. The number of carbonyl (C=O) groups excluding carboxylic acids is 1. The Kier molecular flexibility index (Phi) is 4.04. The molecule has 1 saturated heterocycles. The van der Waals surface area contributed by atoms with Crippen LogP contribution in [0.3, 0.4) is 0 Å². The van der Waals surface area contributed by atoms with Gasteiger partial charge in [0, 0.05) is 18.7 Å². The molecule has 1 N–H and O–H groups in total. The lowest BCUT2D eigenvalue weighted by Gasteiger charge is -2.16. The molecule has 1 aliphatic heterocycles. The van der Waals surface area contributed by atoms with Crippen molar-refractivity contribution in [3.63, 3.8) is 0 Å². The minimum absolute atomic E-state index is 0.0330. The molecule has 104 valence electrons. The minimum atomic E-state index is -0.850. The number of amides is 1. The quantitative estimate of drug-likeness (QED) is 0.905.